The van der Waals surface area contributed by atoms with Gasteiger partial charge in [0.2, 0.25) is 0 Å². The Bertz CT molecular complexity index is 714. The molecule has 0 aromatic carbocycles. The zero-order chi connectivity index (χ0) is 17.1. The summed E-state index contributed by atoms with van der Waals surface area (Å²) in [5.74, 6) is 0.528. The Labute approximate surface area is 143 Å². The molecule has 1 fully saturated rings. The molecule has 0 unspecified atom stereocenters. The van der Waals surface area contributed by atoms with Crippen LogP contribution in [0, 0.1) is 17.2 Å². The van der Waals surface area contributed by atoms with Crippen LogP contribution in [-0.4, -0.2) is 46.6 Å². The molecule has 0 aliphatic carbocycles. The third-order valence-electron chi connectivity index (χ3n) is 4.98. The second kappa shape index (κ2) is 7.02. The molecule has 24 heavy (non-hydrogen) atoms. The van der Waals surface area contributed by atoms with Gasteiger partial charge in [-0.05, 0) is 44.5 Å². The highest BCUT2D eigenvalue weighted by Crippen LogP contribution is 2.35. The Kier molecular flexibility index (Phi) is 4.81. The summed E-state index contributed by atoms with van der Waals surface area (Å²) in [4.78, 5) is 13.2. The van der Waals surface area contributed by atoms with Gasteiger partial charge in [0.25, 0.3) is 0 Å². The third-order valence-corrected chi connectivity index (χ3v) is 4.98. The number of likely N-dealkylation sites (tertiary alicyclic amines) is 1. The number of anilines is 1. The van der Waals surface area contributed by atoms with Crippen LogP contribution in [0.1, 0.15) is 30.3 Å². The number of aryl methyl sites for hydroxylation is 1. The molecule has 0 amide bonds. The fourth-order valence-electron chi connectivity index (χ4n) is 3.71. The molecule has 0 saturated carbocycles. The van der Waals surface area contributed by atoms with Crippen molar-refractivity contribution in [2.75, 3.05) is 32.1 Å². The highest BCUT2D eigenvalue weighted by molar-refractivity contribution is 5.45. The van der Waals surface area contributed by atoms with Gasteiger partial charge in [-0.3, -0.25) is 4.90 Å². The second-order valence-electron chi connectivity index (χ2n) is 6.65. The van der Waals surface area contributed by atoms with E-state index in [-0.39, 0.29) is 0 Å². The van der Waals surface area contributed by atoms with E-state index in [1.54, 1.807) is 12.3 Å². The van der Waals surface area contributed by atoms with Crippen molar-refractivity contribution in [3.8, 4) is 6.07 Å². The molecule has 2 atom stereocenters. The molecule has 1 saturated heterocycles. The van der Waals surface area contributed by atoms with Gasteiger partial charge in [0.05, 0.1) is 29.9 Å². The molecule has 2 aromatic heterocycles. The first kappa shape index (κ1) is 16.5. The van der Waals surface area contributed by atoms with Crippen LogP contribution in [0.4, 0.5) is 5.69 Å². The molecular formula is C18H24N6. The second-order valence-corrected chi connectivity index (χ2v) is 6.65. The van der Waals surface area contributed by atoms with Crippen LogP contribution < -0.4 is 4.90 Å². The lowest BCUT2D eigenvalue weighted by Gasteiger charge is -2.41. The van der Waals surface area contributed by atoms with Crippen molar-refractivity contribution in [3.63, 3.8) is 0 Å². The zero-order valence-electron chi connectivity index (χ0n) is 14.6. The van der Waals surface area contributed by atoms with Gasteiger partial charge in [-0.2, -0.15) is 5.26 Å². The first-order valence-electron chi connectivity index (χ1n) is 8.34. The Morgan fingerprint density at radius 2 is 2.17 bits per heavy atom. The van der Waals surface area contributed by atoms with E-state index in [0.29, 0.717) is 17.7 Å². The summed E-state index contributed by atoms with van der Waals surface area (Å²) in [5.41, 5.74) is 2.77. The molecule has 0 radical (unpaired) electrons. The van der Waals surface area contributed by atoms with E-state index in [2.05, 4.69) is 51.5 Å². The molecule has 2 aromatic rings. The van der Waals surface area contributed by atoms with Crippen LogP contribution in [-0.2, 0) is 7.05 Å². The highest BCUT2D eigenvalue weighted by atomic mass is 15.2. The lowest BCUT2D eigenvalue weighted by atomic mass is 9.87. The van der Waals surface area contributed by atoms with Gasteiger partial charge in [-0.25, -0.2) is 9.97 Å². The minimum atomic E-state index is 0.375. The number of nitrogens with zero attached hydrogens (tertiary/aromatic N) is 6. The lowest BCUT2D eigenvalue weighted by Crippen LogP contribution is -2.41. The number of piperidine rings is 1. The molecule has 3 heterocycles. The average Bonchev–Trinajstić information content (AvgIpc) is 3.01. The predicted molar refractivity (Wildman–Crippen MR) is 93.5 cm³/mol. The van der Waals surface area contributed by atoms with E-state index >= 15 is 0 Å². The standard InChI is InChI=1S/C18H24N6/c1-22-8-4-5-14(18(22)17-11-20-13-24(17)3)12-23(2)16-7-6-15(9-19)21-10-16/h6-7,10-11,13-14,18H,4-5,8,12H2,1-3H3/t14-,18+/m0/s1. The van der Waals surface area contributed by atoms with Crippen molar-refractivity contribution in [1.29, 1.82) is 5.26 Å². The Morgan fingerprint density at radius 3 is 2.79 bits per heavy atom. The van der Waals surface area contributed by atoms with E-state index < -0.39 is 0 Å². The van der Waals surface area contributed by atoms with E-state index in [9.17, 15) is 0 Å². The summed E-state index contributed by atoms with van der Waals surface area (Å²) in [6, 6.07) is 6.19. The van der Waals surface area contributed by atoms with Crippen LogP contribution in [0.15, 0.2) is 30.9 Å². The first-order valence-corrected chi connectivity index (χ1v) is 8.34. The van der Waals surface area contributed by atoms with E-state index in [1.165, 1.54) is 18.5 Å². The number of hydrogen-bond acceptors (Lipinski definition) is 5. The maximum absolute atomic E-state index is 8.88. The van der Waals surface area contributed by atoms with Crippen molar-refractivity contribution < 1.29 is 0 Å². The zero-order valence-corrected chi connectivity index (χ0v) is 14.6. The molecule has 6 heteroatoms. The highest BCUT2D eigenvalue weighted by Gasteiger charge is 2.33. The number of nitriles is 1. The number of rotatable bonds is 4. The summed E-state index contributed by atoms with van der Waals surface area (Å²) in [5, 5.41) is 8.88. The van der Waals surface area contributed by atoms with Gasteiger partial charge in [-0.1, -0.05) is 0 Å². The van der Waals surface area contributed by atoms with Crippen LogP contribution in [0.2, 0.25) is 0 Å². The number of hydrogen-bond donors (Lipinski definition) is 0. The summed E-state index contributed by atoms with van der Waals surface area (Å²) in [6.07, 6.45) is 8.07. The van der Waals surface area contributed by atoms with Crippen LogP contribution in [0.3, 0.4) is 0 Å². The minimum Gasteiger partial charge on any atom is -0.373 e. The Morgan fingerprint density at radius 1 is 1.33 bits per heavy atom. The first-order chi connectivity index (χ1) is 11.6. The van der Waals surface area contributed by atoms with Crippen LogP contribution >= 0.6 is 0 Å². The Hall–Kier alpha value is -2.39. The van der Waals surface area contributed by atoms with Crippen molar-refractivity contribution in [1.82, 2.24) is 19.4 Å². The van der Waals surface area contributed by atoms with E-state index in [1.807, 2.05) is 18.6 Å². The molecule has 0 spiro atoms. The van der Waals surface area contributed by atoms with Crippen molar-refractivity contribution in [2.45, 2.75) is 18.9 Å². The van der Waals surface area contributed by atoms with Gasteiger partial charge >= 0.3 is 0 Å². The SMILES string of the molecule is CN(C[C@@H]1CCCN(C)[C@H]1c1cncn1C)c1ccc(C#N)nc1. The molecule has 1 aliphatic rings. The van der Waals surface area contributed by atoms with Gasteiger partial charge in [0, 0.05) is 26.8 Å². The lowest BCUT2D eigenvalue weighted by molar-refractivity contribution is 0.119. The van der Waals surface area contributed by atoms with Gasteiger partial charge in [0.15, 0.2) is 0 Å². The van der Waals surface area contributed by atoms with Crippen LogP contribution in [0.5, 0.6) is 0 Å². The topological polar surface area (TPSA) is 61.0 Å². The molecule has 6 nitrogen and oxygen atoms in total. The quantitative estimate of drug-likeness (QED) is 0.863. The maximum atomic E-state index is 8.88. The van der Waals surface area contributed by atoms with Crippen LogP contribution in [0.25, 0.3) is 0 Å². The maximum Gasteiger partial charge on any atom is 0.140 e. The van der Waals surface area contributed by atoms with E-state index in [4.69, 9.17) is 5.26 Å². The average molecular weight is 324 g/mol. The molecule has 126 valence electrons. The van der Waals surface area contributed by atoms with Crippen molar-refractivity contribution >= 4 is 5.69 Å². The third kappa shape index (κ3) is 3.26. The van der Waals surface area contributed by atoms with E-state index in [0.717, 1.165) is 18.8 Å². The van der Waals surface area contributed by atoms with Crippen molar-refractivity contribution in [2.24, 2.45) is 13.0 Å². The summed E-state index contributed by atoms with van der Waals surface area (Å²) in [7, 11) is 6.36. The predicted octanol–water partition coefficient (Wildman–Crippen LogP) is 2.21. The number of pyridine rings is 1. The fraction of sp³-hybridized carbons (Fsp3) is 0.500. The summed E-state index contributed by atoms with van der Waals surface area (Å²) < 4.78 is 2.13. The van der Waals surface area contributed by atoms with Gasteiger partial charge < -0.3 is 9.47 Å². The van der Waals surface area contributed by atoms with Gasteiger partial charge in [-0.15, -0.1) is 0 Å². The smallest absolute Gasteiger partial charge is 0.140 e. The largest absolute Gasteiger partial charge is 0.373 e. The molecular weight excluding hydrogens is 300 g/mol. The van der Waals surface area contributed by atoms with Gasteiger partial charge in [0.1, 0.15) is 11.8 Å². The normalized spacial score (nSPS) is 21.4. The number of imidazole rings is 1. The number of aromatic nitrogens is 3. The molecule has 0 N–H and O–H groups in total. The molecule has 3 rings (SSSR count). The fourth-order valence-corrected chi connectivity index (χ4v) is 3.71. The minimum absolute atomic E-state index is 0.375. The summed E-state index contributed by atoms with van der Waals surface area (Å²) >= 11 is 0. The van der Waals surface area contributed by atoms with Crippen molar-refractivity contribution in [3.05, 3.63) is 42.2 Å². The molecule has 0 bridgehead atoms. The Balaban J connectivity index is 1.78. The summed E-state index contributed by atoms with van der Waals surface area (Å²) in [6.45, 7) is 2.07. The monoisotopic (exact) mass is 324 g/mol. The molecule has 1 aliphatic heterocycles.